The molecule has 2 N–H and O–H groups in total. The Morgan fingerprint density at radius 1 is 1.38 bits per heavy atom. The summed E-state index contributed by atoms with van der Waals surface area (Å²) in [6.07, 6.45) is 3.55. The zero-order valence-corrected chi connectivity index (χ0v) is 12.8. The van der Waals surface area contributed by atoms with Gasteiger partial charge in [0, 0.05) is 24.2 Å². The van der Waals surface area contributed by atoms with E-state index in [0.29, 0.717) is 12.1 Å². The van der Waals surface area contributed by atoms with E-state index < -0.39 is 10.0 Å². The molecular weight excluding hydrogens is 286 g/mol. The number of aromatic nitrogens is 1. The molecule has 1 saturated heterocycles. The fourth-order valence-corrected chi connectivity index (χ4v) is 4.14. The lowest BCUT2D eigenvalue weighted by Gasteiger charge is -2.23. The smallest absolute Gasteiger partial charge is 0.243 e. The molecule has 1 aromatic heterocycles. The average Bonchev–Trinajstić information content (AvgIpc) is 2.47. The number of rotatable bonds is 3. The lowest BCUT2D eigenvalue weighted by atomic mass is 10.1. The van der Waals surface area contributed by atoms with E-state index in [1.165, 1.54) is 0 Å². The maximum atomic E-state index is 12.6. The monoisotopic (exact) mass is 305 g/mol. The summed E-state index contributed by atoms with van der Waals surface area (Å²) in [5.41, 5.74) is 1.54. The highest BCUT2D eigenvalue weighted by atomic mass is 32.2. The molecule has 1 aromatic carbocycles. The summed E-state index contributed by atoms with van der Waals surface area (Å²) in [6.45, 7) is 3.57. The number of nitrogens with zero attached hydrogens (tertiary/aromatic N) is 1. The summed E-state index contributed by atoms with van der Waals surface area (Å²) in [5, 5.41) is 4.06. The van der Waals surface area contributed by atoms with Crippen LogP contribution >= 0.6 is 0 Å². The van der Waals surface area contributed by atoms with Crippen LogP contribution in [0.3, 0.4) is 0 Å². The van der Waals surface area contributed by atoms with Crippen molar-refractivity contribution >= 4 is 20.9 Å². The highest BCUT2D eigenvalue weighted by molar-refractivity contribution is 7.89. The first-order valence-electron chi connectivity index (χ1n) is 7.15. The molecule has 112 valence electrons. The third kappa shape index (κ3) is 3.07. The highest BCUT2D eigenvalue weighted by Crippen LogP contribution is 2.22. The van der Waals surface area contributed by atoms with E-state index >= 15 is 0 Å². The minimum atomic E-state index is -3.55. The van der Waals surface area contributed by atoms with Crippen molar-refractivity contribution in [2.24, 2.45) is 0 Å². The minimum Gasteiger partial charge on any atom is -0.315 e. The van der Waals surface area contributed by atoms with Crippen molar-refractivity contribution in [2.45, 2.75) is 30.7 Å². The van der Waals surface area contributed by atoms with Crippen LogP contribution in [0.25, 0.3) is 10.9 Å². The van der Waals surface area contributed by atoms with Gasteiger partial charge in [-0.3, -0.25) is 4.98 Å². The Morgan fingerprint density at radius 2 is 2.24 bits per heavy atom. The molecule has 0 bridgehead atoms. The lowest BCUT2D eigenvalue weighted by molar-refractivity contribution is 0.429. The van der Waals surface area contributed by atoms with Gasteiger partial charge in [-0.2, -0.15) is 0 Å². The van der Waals surface area contributed by atoms with E-state index in [1.54, 1.807) is 18.3 Å². The van der Waals surface area contributed by atoms with Gasteiger partial charge in [-0.25, -0.2) is 13.1 Å². The molecule has 1 fully saturated rings. The number of hydrogen-bond acceptors (Lipinski definition) is 4. The van der Waals surface area contributed by atoms with Crippen LogP contribution in [-0.4, -0.2) is 32.5 Å². The van der Waals surface area contributed by atoms with Crippen molar-refractivity contribution < 1.29 is 8.42 Å². The van der Waals surface area contributed by atoms with Crippen LogP contribution in [-0.2, 0) is 10.0 Å². The molecule has 2 aromatic rings. The zero-order chi connectivity index (χ0) is 14.9. The largest absolute Gasteiger partial charge is 0.315 e. The quantitative estimate of drug-likeness (QED) is 0.903. The van der Waals surface area contributed by atoms with E-state index in [0.717, 1.165) is 30.3 Å². The first-order chi connectivity index (χ1) is 10.1. The molecule has 0 unspecified atom stereocenters. The fraction of sp³-hybridized carbons (Fsp3) is 0.400. The number of sulfonamides is 1. The van der Waals surface area contributed by atoms with Crippen molar-refractivity contribution in [1.29, 1.82) is 0 Å². The number of hydrogen-bond donors (Lipinski definition) is 2. The van der Waals surface area contributed by atoms with Crippen LogP contribution < -0.4 is 10.0 Å². The third-order valence-corrected chi connectivity index (χ3v) is 5.27. The molecule has 0 aliphatic carbocycles. The van der Waals surface area contributed by atoms with Gasteiger partial charge in [0.25, 0.3) is 0 Å². The van der Waals surface area contributed by atoms with E-state index in [9.17, 15) is 8.42 Å². The van der Waals surface area contributed by atoms with Gasteiger partial charge < -0.3 is 5.32 Å². The van der Waals surface area contributed by atoms with E-state index in [1.807, 2.05) is 19.1 Å². The molecule has 0 radical (unpaired) electrons. The summed E-state index contributed by atoms with van der Waals surface area (Å²) in [5.74, 6) is 0. The zero-order valence-electron chi connectivity index (χ0n) is 12.0. The van der Waals surface area contributed by atoms with Crippen molar-refractivity contribution in [3.8, 4) is 0 Å². The second kappa shape index (κ2) is 5.71. The summed E-state index contributed by atoms with van der Waals surface area (Å²) < 4.78 is 28.0. The summed E-state index contributed by atoms with van der Waals surface area (Å²) >= 11 is 0. The van der Waals surface area contributed by atoms with Gasteiger partial charge in [-0.1, -0.05) is 12.1 Å². The SMILES string of the molecule is Cc1cnc2c(S(=O)(=O)N[C@@H]3CCCNC3)cccc2c1. The van der Waals surface area contributed by atoms with Crippen LogP contribution in [0.1, 0.15) is 18.4 Å². The van der Waals surface area contributed by atoms with E-state index in [4.69, 9.17) is 0 Å². The fourth-order valence-electron chi connectivity index (χ4n) is 2.70. The third-order valence-electron chi connectivity index (χ3n) is 3.72. The molecule has 1 atom stereocenters. The van der Waals surface area contributed by atoms with Crippen molar-refractivity contribution in [3.05, 3.63) is 36.0 Å². The van der Waals surface area contributed by atoms with Crippen molar-refractivity contribution in [1.82, 2.24) is 15.0 Å². The Kier molecular flexibility index (Phi) is 3.93. The summed E-state index contributed by atoms with van der Waals surface area (Å²) in [4.78, 5) is 4.56. The number of piperidine rings is 1. The van der Waals surface area contributed by atoms with Crippen LogP contribution in [0.2, 0.25) is 0 Å². The molecule has 21 heavy (non-hydrogen) atoms. The van der Waals surface area contributed by atoms with Crippen LogP contribution in [0.5, 0.6) is 0 Å². The second-order valence-electron chi connectivity index (χ2n) is 5.51. The molecule has 0 spiro atoms. The molecule has 5 nitrogen and oxygen atoms in total. The first kappa shape index (κ1) is 14.4. The van der Waals surface area contributed by atoms with Crippen LogP contribution in [0.15, 0.2) is 35.4 Å². The van der Waals surface area contributed by atoms with Gasteiger partial charge in [0.05, 0.1) is 5.52 Å². The van der Waals surface area contributed by atoms with Gasteiger partial charge in [0.15, 0.2) is 0 Å². The minimum absolute atomic E-state index is 0.0514. The summed E-state index contributed by atoms with van der Waals surface area (Å²) in [6, 6.07) is 7.16. The predicted molar refractivity (Wildman–Crippen MR) is 82.7 cm³/mol. The van der Waals surface area contributed by atoms with Gasteiger partial charge >= 0.3 is 0 Å². The number of pyridine rings is 1. The molecule has 2 heterocycles. The molecule has 0 saturated carbocycles. The molecule has 0 amide bonds. The lowest BCUT2D eigenvalue weighted by Crippen LogP contribution is -2.45. The standard InChI is InChI=1S/C15H19N3O2S/c1-11-8-12-4-2-6-14(15(12)17-9-11)21(19,20)18-13-5-3-7-16-10-13/h2,4,6,8-9,13,16,18H,3,5,7,10H2,1H3/t13-/m1/s1. The predicted octanol–water partition coefficient (Wildman–Crippen LogP) is 1.57. The Bertz CT molecular complexity index is 753. The van der Waals surface area contributed by atoms with Crippen LogP contribution in [0, 0.1) is 6.92 Å². The number of aryl methyl sites for hydroxylation is 1. The van der Waals surface area contributed by atoms with Gasteiger partial charge in [-0.15, -0.1) is 0 Å². The Hall–Kier alpha value is -1.50. The molecule has 1 aliphatic heterocycles. The Balaban J connectivity index is 1.98. The molecule has 1 aliphatic rings. The topological polar surface area (TPSA) is 71.1 Å². The Labute approximate surface area is 124 Å². The molecule has 3 rings (SSSR count). The number of fused-ring (bicyclic) bond motifs is 1. The maximum absolute atomic E-state index is 12.6. The van der Waals surface area contributed by atoms with E-state index in [2.05, 4.69) is 15.0 Å². The summed E-state index contributed by atoms with van der Waals surface area (Å²) in [7, 11) is -3.55. The van der Waals surface area contributed by atoms with Crippen molar-refractivity contribution in [3.63, 3.8) is 0 Å². The second-order valence-corrected chi connectivity index (χ2v) is 7.19. The number of para-hydroxylation sites is 1. The van der Waals surface area contributed by atoms with Gasteiger partial charge in [0.2, 0.25) is 10.0 Å². The number of nitrogens with one attached hydrogen (secondary N) is 2. The molecular formula is C15H19N3O2S. The van der Waals surface area contributed by atoms with Gasteiger partial charge in [0.1, 0.15) is 4.90 Å². The maximum Gasteiger partial charge on any atom is 0.243 e. The number of benzene rings is 1. The normalized spacial score (nSPS) is 19.8. The molecule has 6 heteroatoms. The Morgan fingerprint density at radius 3 is 3.00 bits per heavy atom. The van der Waals surface area contributed by atoms with Crippen molar-refractivity contribution in [2.75, 3.05) is 13.1 Å². The van der Waals surface area contributed by atoms with Gasteiger partial charge in [-0.05, 0) is 44.0 Å². The van der Waals surface area contributed by atoms with Crippen LogP contribution in [0.4, 0.5) is 0 Å². The average molecular weight is 305 g/mol. The highest BCUT2D eigenvalue weighted by Gasteiger charge is 2.23. The van der Waals surface area contributed by atoms with E-state index in [-0.39, 0.29) is 10.9 Å². The first-order valence-corrected chi connectivity index (χ1v) is 8.63.